The fraction of sp³-hybridized carbons (Fsp3) is 0.320. The van der Waals surface area contributed by atoms with Crippen molar-refractivity contribution in [3.05, 3.63) is 77.1 Å². The molecule has 0 spiro atoms. The lowest BCUT2D eigenvalue weighted by Gasteiger charge is -2.44. The lowest BCUT2D eigenvalue weighted by Crippen LogP contribution is -2.45. The van der Waals surface area contributed by atoms with Crippen molar-refractivity contribution in [2.75, 3.05) is 27.3 Å². The van der Waals surface area contributed by atoms with Crippen LogP contribution in [-0.4, -0.2) is 27.3 Å². The fourth-order valence-corrected chi connectivity index (χ4v) is 4.90. The fourth-order valence-electron chi connectivity index (χ4n) is 4.90. The molecular formula is C25H25FN2O2. The van der Waals surface area contributed by atoms with E-state index in [0.717, 1.165) is 47.8 Å². The molecule has 1 heterocycles. The van der Waals surface area contributed by atoms with Gasteiger partial charge in [-0.25, -0.2) is 4.39 Å². The summed E-state index contributed by atoms with van der Waals surface area (Å²) in [5.74, 6) is 0.286. The van der Waals surface area contributed by atoms with Gasteiger partial charge in [-0.2, -0.15) is 5.26 Å². The van der Waals surface area contributed by atoms with Crippen LogP contribution in [0.3, 0.4) is 0 Å². The lowest BCUT2D eigenvalue weighted by molar-refractivity contribution is 0.0132. The summed E-state index contributed by atoms with van der Waals surface area (Å²) >= 11 is 0. The molecule has 4 nitrogen and oxygen atoms in total. The molecule has 3 aromatic carbocycles. The Morgan fingerprint density at radius 3 is 2.40 bits per heavy atom. The molecule has 1 fully saturated rings. The van der Waals surface area contributed by atoms with Crippen molar-refractivity contribution >= 4 is 10.8 Å². The average Bonchev–Trinajstić information content (AvgIpc) is 2.80. The summed E-state index contributed by atoms with van der Waals surface area (Å²) in [6.45, 7) is 1.66. The van der Waals surface area contributed by atoms with Crippen LogP contribution in [-0.2, 0) is 10.2 Å². The number of nitriles is 1. The topological polar surface area (TPSA) is 54.3 Å². The smallest absolute Gasteiger partial charge is 0.143 e. The summed E-state index contributed by atoms with van der Waals surface area (Å²) in [4.78, 5) is 0. The molecule has 0 aliphatic carbocycles. The molecule has 5 heteroatoms. The van der Waals surface area contributed by atoms with Crippen LogP contribution in [0, 0.1) is 17.1 Å². The highest BCUT2D eigenvalue weighted by molar-refractivity contribution is 5.90. The van der Waals surface area contributed by atoms with Crippen molar-refractivity contribution in [3.63, 3.8) is 0 Å². The first-order valence-corrected chi connectivity index (χ1v) is 10.1. The highest BCUT2D eigenvalue weighted by Crippen LogP contribution is 2.51. The minimum absolute atomic E-state index is 0.258. The Bertz CT molecular complexity index is 1080. The highest BCUT2D eigenvalue weighted by atomic mass is 19.1. The summed E-state index contributed by atoms with van der Waals surface area (Å²) in [5.41, 5.74) is 2.01. The summed E-state index contributed by atoms with van der Waals surface area (Å²) in [5, 5.41) is 15.2. The molecule has 1 atom stereocenters. The van der Waals surface area contributed by atoms with Gasteiger partial charge in [-0.1, -0.05) is 36.4 Å². The van der Waals surface area contributed by atoms with E-state index in [2.05, 4.69) is 11.4 Å². The van der Waals surface area contributed by atoms with Crippen molar-refractivity contribution < 1.29 is 13.9 Å². The van der Waals surface area contributed by atoms with Crippen LogP contribution >= 0.6 is 0 Å². The maximum Gasteiger partial charge on any atom is 0.143 e. The van der Waals surface area contributed by atoms with E-state index in [1.807, 2.05) is 42.5 Å². The Kier molecular flexibility index (Phi) is 5.72. The predicted octanol–water partition coefficient (Wildman–Crippen LogP) is 4.87. The van der Waals surface area contributed by atoms with Gasteiger partial charge in [-0.15, -0.1) is 0 Å². The number of rotatable bonds is 5. The predicted molar refractivity (Wildman–Crippen MR) is 115 cm³/mol. The highest BCUT2D eigenvalue weighted by Gasteiger charge is 2.44. The molecule has 0 bridgehead atoms. The number of halogens is 1. The monoisotopic (exact) mass is 404 g/mol. The van der Waals surface area contributed by atoms with Gasteiger partial charge >= 0.3 is 0 Å². The zero-order valence-corrected chi connectivity index (χ0v) is 17.2. The molecule has 154 valence electrons. The Morgan fingerprint density at radius 2 is 1.77 bits per heavy atom. The molecule has 1 unspecified atom stereocenters. The van der Waals surface area contributed by atoms with Crippen molar-refractivity contribution in [3.8, 4) is 11.8 Å². The number of nitrogens with one attached hydrogen (secondary N) is 1. The second-order valence-corrected chi connectivity index (χ2v) is 7.73. The maximum atomic E-state index is 13.7. The van der Waals surface area contributed by atoms with E-state index in [0.29, 0.717) is 11.3 Å². The lowest BCUT2D eigenvalue weighted by atomic mass is 9.66. The summed E-state index contributed by atoms with van der Waals surface area (Å²) < 4.78 is 25.7. The number of piperidine rings is 1. The third-order valence-electron chi connectivity index (χ3n) is 6.28. The van der Waals surface area contributed by atoms with Crippen LogP contribution < -0.4 is 10.1 Å². The van der Waals surface area contributed by atoms with Gasteiger partial charge in [0, 0.05) is 18.1 Å². The van der Waals surface area contributed by atoms with Crippen LogP contribution in [0.2, 0.25) is 0 Å². The number of fused-ring (bicyclic) bond motifs is 1. The van der Waals surface area contributed by atoms with E-state index in [9.17, 15) is 9.65 Å². The largest absolute Gasteiger partial charge is 0.495 e. The van der Waals surface area contributed by atoms with Crippen LogP contribution in [0.1, 0.15) is 35.6 Å². The van der Waals surface area contributed by atoms with Gasteiger partial charge in [0.05, 0.1) is 18.8 Å². The molecule has 1 saturated heterocycles. The van der Waals surface area contributed by atoms with Crippen molar-refractivity contribution in [2.24, 2.45) is 0 Å². The van der Waals surface area contributed by atoms with Crippen molar-refractivity contribution in [1.29, 1.82) is 5.26 Å². The molecule has 1 aliphatic rings. The van der Waals surface area contributed by atoms with Crippen LogP contribution in [0.4, 0.5) is 4.39 Å². The van der Waals surface area contributed by atoms with E-state index >= 15 is 0 Å². The van der Waals surface area contributed by atoms with E-state index in [1.54, 1.807) is 14.2 Å². The van der Waals surface area contributed by atoms with E-state index in [1.165, 1.54) is 12.1 Å². The summed E-state index contributed by atoms with van der Waals surface area (Å²) in [7, 11) is 3.29. The summed E-state index contributed by atoms with van der Waals surface area (Å²) in [6.07, 6.45) is 1.29. The number of benzene rings is 3. The Balaban J connectivity index is 2.02. The van der Waals surface area contributed by atoms with E-state index in [4.69, 9.17) is 9.47 Å². The van der Waals surface area contributed by atoms with Crippen LogP contribution in [0.15, 0.2) is 54.6 Å². The third-order valence-corrected chi connectivity index (χ3v) is 6.28. The molecule has 1 aliphatic heterocycles. The number of hydrogen-bond donors (Lipinski definition) is 1. The third kappa shape index (κ3) is 3.32. The zero-order valence-electron chi connectivity index (χ0n) is 17.2. The number of hydrogen-bond acceptors (Lipinski definition) is 4. The zero-order chi connectivity index (χ0) is 21.1. The maximum absolute atomic E-state index is 13.7. The van der Waals surface area contributed by atoms with Gasteiger partial charge in [0.1, 0.15) is 17.6 Å². The molecule has 30 heavy (non-hydrogen) atoms. The minimum atomic E-state index is -0.377. The van der Waals surface area contributed by atoms with Crippen molar-refractivity contribution in [1.82, 2.24) is 5.32 Å². The molecule has 4 rings (SSSR count). The van der Waals surface area contributed by atoms with E-state index < -0.39 is 0 Å². The first kappa shape index (κ1) is 20.3. The quantitative estimate of drug-likeness (QED) is 0.659. The Labute approximate surface area is 176 Å². The van der Waals surface area contributed by atoms with Gasteiger partial charge in [-0.05, 0) is 60.5 Å². The minimum Gasteiger partial charge on any atom is -0.495 e. The molecule has 0 aromatic heterocycles. The van der Waals surface area contributed by atoms with Gasteiger partial charge in [0.15, 0.2) is 0 Å². The molecule has 0 radical (unpaired) electrons. The second-order valence-electron chi connectivity index (χ2n) is 7.73. The van der Waals surface area contributed by atoms with Crippen molar-refractivity contribution in [2.45, 2.75) is 24.4 Å². The number of methoxy groups -OCH3 is 2. The normalized spacial score (nSPS) is 16.7. The average molecular weight is 404 g/mol. The van der Waals surface area contributed by atoms with Gasteiger partial charge in [0.2, 0.25) is 0 Å². The molecule has 1 N–H and O–H groups in total. The van der Waals surface area contributed by atoms with Crippen LogP contribution in [0.25, 0.3) is 10.8 Å². The summed E-state index contributed by atoms with van der Waals surface area (Å²) in [6, 6.07) is 18.8. The van der Waals surface area contributed by atoms with Gasteiger partial charge in [-0.3, -0.25) is 0 Å². The Morgan fingerprint density at radius 1 is 1.07 bits per heavy atom. The van der Waals surface area contributed by atoms with Gasteiger partial charge < -0.3 is 14.8 Å². The first-order chi connectivity index (χ1) is 14.6. The second kappa shape index (κ2) is 8.43. The first-order valence-electron chi connectivity index (χ1n) is 10.1. The Hall–Kier alpha value is -2.94. The number of nitrogens with zero attached hydrogens (tertiary/aromatic N) is 1. The molecular weight excluding hydrogens is 379 g/mol. The van der Waals surface area contributed by atoms with Crippen LogP contribution in [0.5, 0.6) is 5.75 Å². The SMILES string of the molecule is COc1c(C#N)cc2ccccc2c1C(OC)C1(c2ccc(F)cc2)CCNCC1. The molecule has 0 saturated carbocycles. The molecule has 3 aromatic rings. The molecule has 0 amide bonds. The number of ether oxygens (including phenoxy) is 2. The van der Waals surface area contributed by atoms with Gasteiger partial charge in [0.25, 0.3) is 0 Å². The van der Waals surface area contributed by atoms with E-state index in [-0.39, 0.29) is 17.3 Å². The standard InChI is InChI=1S/C25H25FN2O2/c1-29-23-18(16-27)15-17-5-3-4-6-21(17)22(23)24(30-2)25(11-13-28-14-12-25)19-7-9-20(26)10-8-19/h3-10,15,24,28H,11-14H2,1-2H3.